The van der Waals surface area contributed by atoms with Crippen molar-refractivity contribution in [3.05, 3.63) is 89.2 Å². The number of imide groups is 1. The second-order valence-electron chi connectivity index (χ2n) is 7.34. The molecule has 0 N–H and O–H groups in total. The van der Waals surface area contributed by atoms with Crippen molar-refractivity contribution in [3.63, 3.8) is 0 Å². The molecule has 0 atom stereocenters. The Labute approximate surface area is 190 Å². The van der Waals surface area contributed by atoms with Crippen molar-refractivity contribution in [2.75, 3.05) is 20.3 Å². The van der Waals surface area contributed by atoms with E-state index in [1.807, 2.05) is 12.1 Å². The van der Waals surface area contributed by atoms with E-state index in [0.717, 1.165) is 0 Å². The number of methoxy groups -OCH3 is 1. The summed E-state index contributed by atoms with van der Waals surface area (Å²) in [5.74, 6) is -0.289. The lowest BCUT2D eigenvalue weighted by atomic mass is 10.1. The SMILES string of the molecule is COCCCN1C(=O)c2ccc(C(=O)OCc3ccccc3Oc3cccnc3)cc2C1=O. The van der Waals surface area contributed by atoms with E-state index in [2.05, 4.69) is 4.98 Å². The fourth-order valence-corrected chi connectivity index (χ4v) is 3.47. The Bertz CT molecular complexity index is 1180. The summed E-state index contributed by atoms with van der Waals surface area (Å²) in [5.41, 5.74) is 1.35. The van der Waals surface area contributed by atoms with E-state index in [1.54, 1.807) is 43.8 Å². The van der Waals surface area contributed by atoms with Crippen molar-refractivity contribution in [1.29, 1.82) is 0 Å². The lowest BCUT2D eigenvalue weighted by Gasteiger charge is -2.12. The standard InChI is InChI=1S/C25H22N2O6/c1-31-13-5-12-27-23(28)20-10-9-17(14-21(20)24(27)29)25(30)32-16-18-6-2-3-8-22(18)33-19-7-4-11-26-15-19/h2-4,6-11,14-15H,5,12-13,16H2,1H3. The topological polar surface area (TPSA) is 95.0 Å². The number of carbonyl (C=O) groups is 3. The Hall–Kier alpha value is -4.04. The van der Waals surface area contributed by atoms with Crippen molar-refractivity contribution in [3.8, 4) is 11.5 Å². The number of nitrogens with zero attached hydrogens (tertiary/aromatic N) is 2. The number of carbonyl (C=O) groups excluding carboxylic acids is 3. The van der Waals surface area contributed by atoms with E-state index < -0.39 is 11.9 Å². The predicted molar refractivity (Wildman–Crippen MR) is 118 cm³/mol. The molecule has 0 unspecified atom stereocenters. The van der Waals surface area contributed by atoms with Gasteiger partial charge in [-0.25, -0.2) is 4.79 Å². The highest BCUT2D eigenvalue weighted by molar-refractivity contribution is 6.21. The molecule has 8 heteroatoms. The summed E-state index contributed by atoms with van der Waals surface area (Å²) in [6.07, 6.45) is 3.77. The molecule has 2 heterocycles. The number of pyridine rings is 1. The smallest absolute Gasteiger partial charge is 0.338 e. The maximum atomic E-state index is 12.7. The zero-order valence-electron chi connectivity index (χ0n) is 18.0. The minimum absolute atomic E-state index is 0.0254. The van der Waals surface area contributed by atoms with Crippen molar-refractivity contribution in [2.45, 2.75) is 13.0 Å². The quantitative estimate of drug-likeness (QED) is 0.280. The highest BCUT2D eigenvalue weighted by atomic mass is 16.5. The number of fused-ring (bicyclic) bond motifs is 1. The monoisotopic (exact) mass is 446 g/mol. The number of para-hydroxylation sites is 1. The van der Waals surface area contributed by atoms with Crippen LogP contribution in [0, 0.1) is 0 Å². The molecule has 4 rings (SSSR count). The molecular formula is C25H22N2O6. The first-order valence-electron chi connectivity index (χ1n) is 10.4. The summed E-state index contributed by atoms with van der Waals surface area (Å²) in [4.78, 5) is 43.0. The molecule has 2 aromatic carbocycles. The molecule has 0 saturated carbocycles. The molecule has 2 amide bonds. The molecule has 0 aliphatic carbocycles. The van der Waals surface area contributed by atoms with Gasteiger partial charge in [0.25, 0.3) is 11.8 Å². The molecule has 0 spiro atoms. The minimum Gasteiger partial charge on any atom is -0.457 e. The predicted octanol–water partition coefficient (Wildman–Crippen LogP) is 3.86. The van der Waals surface area contributed by atoms with E-state index in [4.69, 9.17) is 14.2 Å². The van der Waals surface area contributed by atoms with Crippen LogP contribution >= 0.6 is 0 Å². The van der Waals surface area contributed by atoms with Crippen LogP contribution < -0.4 is 4.74 Å². The van der Waals surface area contributed by atoms with Crippen LogP contribution in [0.15, 0.2) is 67.0 Å². The first kappa shape index (κ1) is 22.2. The second kappa shape index (κ2) is 10.1. The number of hydrogen-bond donors (Lipinski definition) is 0. The average Bonchev–Trinajstić information content (AvgIpc) is 3.08. The first-order chi connectivity index (χ1) is 16.1. The Morgan fingerprint density at radius 3 is 2.61 bits per heavy atom. The summed E-state index contributed by atoms with van der Waals surface area (Å²) in [7, 11) is 1.56. The third-order valence-electron chi connectivity index (χ3n) is 5.13. The van der Waals surface area contributed by atoms with Gasteiger partial charge in [-0.05, 0) is 42.8 Å². The molecule has 33 heavy (non-hydrogen) atoms. The molecule has 1 aromatic heterocycles. The maximum Gasteiger partial charge on any atom is 0.338 e. The normalized spacial score (nSPS) is 12.6. The lowest BCUT2D eigenvalue weighted by Crippen LogP contribution is -2.31. The largest absolute Gasteiger partial charge is 0.457 e. The molecule has 0 fully saturated rings. The molecule has 8 nitrogen and oxygen atoms in total. The molecule has 0 saturated heterocycles. The van der Waals surface area contributed by atoms with Gasteiger partial charge in [0, 0.05) is 32.0 Å². The van der Waals surface area contributed by atoms with Gasteiger partial charge in [0.1, 0.15) is 18.1 Å². The van der Waals surface area contributed by atoms with Gasteiger partial charge in [0.2, 0.25) is 0 Å². The second-order valence-corrected chi connectivity index (χ2v) is 7.34. The number of hydrogen-bond acceptors (Lipinski definition) is 7. The van der Waals surface area contributed by atoms with Gasteiger partial charge in [0.15, 0.2) is 0 Å². The first-order valence-corrected chi connectivity index (χ1v) is 10.4. The van der Waals surface area contributed by atoms with Crippen LogP contribution in [0.3, 0.4) is 0 Å². The fourth-order valence-electron chi connectivity index (χ4n) is 3.47. The van der Waals surface area contributed by atoms with Gasteiger partial charge in [-0.3, -0.25) is 19.5 Å². The van der Waals surface area contributed by atoms with Crippen LogP contribution in [0.5, 0.6) is 11.5 Å². The van der Waals surface area contributed by atoms with Crippen molar-refractivity contribution in [1.82, 2.24) is 9.88 Å². The number of ether oxygens (including phenoxy) is 3. The van der Waals surface area contributed by atoms with E-state index in [9.17, 15) is 14.4 Å². The maximum absolute atomic E-state index is 12.7. The molecule has 3 aromatic rings. The molecule has 1 aliphatic heterocycles. The van der Waals surface area contributed by atoms with Gasteiger partial charge in [-0.15, -0.1) is 0 Å². The summed E-state index contributed by atoms with van der Waals surface area (Å²) in [5, 5.41) is 0. The number of esters is 1. The third-order valence-corrected chi connectivity index (χ3v) is 5.13. The van der Waals surface area contributed by atoms with Crippen molar-refractivity contribution >= 4 is 17.8 Å². The fraction of sp³-hybridized carbons (Fsp3) is 0.200. The van der Waals surface area contributed by atoms with Gasteiger partial charge >= 0.3 is 5.97 Å². The van der Waals surface area contributed by atoms with E-state index in [-0.39, 0.29) is 35.7 Å². The number of aromatic nitrogens is 1. The van der Waals surface area contributed by atoms with Crippen LogP contribution in [0.4, 0.5) is 0 Å². The Kier molecular flexibility index (Phi) is 6.75. The molecule has 0 radical (unpaired) electrons. The number of amides is 2. The van der Waals surface area contributed by atoms with Crippen LogP contribution in [0.1, 0.15) is 43.1 Å². The van der Waals surface area contributed by atoms with Gasteiger partial charge in [0.05, 0.1) is 22.9 Å². The van der Waals surface area contributed by atoms with Gasteiger partial charge in [-0.1, -0.05) is 18.2 Å². The van der Waals surface area contributed by atoms with Gasteiger partial charge < -0.3 is 14.2 Å². The number of benzene rings is 2. The zero-order valence-corrected chi connectivity index (χ0v) is 18.0. The highest BCUT2D eigenvalue weighted by Crippen LogP contribution is 2.27. The van der Waals surface area contributed by atoms with Crippen LogP contribution in [0.25, 0.3) is 0 Å². The van der Waals surface area contributed by atoms with Crippen molar-refractivity contribution < 1.29 is 28.6 Å². The molecular weight excluding hydrogens is 424 g/mol. The highest BCUT2D eigenvalue weighted by Gasteiger charge is 2.35. The Morgan fingerprint density at radius 2 is 1.82 bits per heavy atom. The minimum atomic E-state index is -0.605. The molecule has 168 valence electrons. The molecule has 1 aliphatic rings. The summed E-state index contributed by atoms with van der Waals surface area (Å²) >= 11 is 0. The van der Waals surface area contributed by atoms with Crippen LogP contribution in [0.2, 0.25) is 0 Å². The lowest BCUT2D eigenvalue weighted by molar-refractivity contribution is 0.0470. The Balaban J connectivity index is 1.44. The van der Waals surface area contributed by atoms with Gasteiger partial charge in [-0.2, -0.15) is 0 Å². The van der Waals surface area contributed by atoms with Crippen LogP contribution in [-0.4, -0.2) is 47.9 Å². The van der Waals surface area contributed by atoms with E-state index in [0.29, 0.717) is 30.1 Å². The van der Waals surface area contributed by atoms with Crippen molar-refractivity contribution in [2.24, 2.45) is 0 Å². The summed E-state index contributed by atoms with van der Waals surface area (Å²) < 4.78 is 16.3. The average molecular weight is 446 g/mol. The third kappa shape index (κ3) is 4.91. The summed E-state index contributed by atoms with van der Waals surface area (Å²) in [6, 6.07) is 15.1. The zero-order chi connectivity index (χ0) is 23.2. The Morgan fingerprint density at radius 1 is 1.00 bits per heavy atom. The number of rotatable bonds is 9. The molecule has 0 bridgehead atoms. The van der Waals surface area contributed by atoms with E-state index >= 15 is 0 Å². The summed E-state index contributed by atoms with van der Waals surface area (Å²) in [6.45, 7) is 0.674. The van der Waals surface area contributed by atoms with E-state index in [1.165, 1.54) is 23.1 Å². The van der Waals surface area contributed by atoms with Crippen LogP contribution in [-0.2, 0) is 16.1 Å².